The van der Waals surface area contributed by atoms with Crippen molar-refractivity contribution in [1.29, 1.82) is 0 Å². The Kier molecular flexibility index (Phi) is 8.76. The summed E-state index contributed by atoms with van der Waals surface area (Å²) in [4.78, 5) is 2.06. The van der Waals surface area contributed by atoms with Crippen molar-refractivity contribution in [2.75, 3.05) is 4.72 Å². The first-order chi connectivity index (χ1) is 20.4. The Morgan fingerprint density at radius 3 is 1.93 bits per heavy atom. The Morgan fingerprint density at radius 1 is 0.698 bits per heavy atom. The first kappa shape index (κ1) is 30.5. The van der Waals surface area contributed by atoms with Crippen LogP contribution in [0.4, 0.5) is 5.69 Å². The molecule has 12 heteroatoms. The number of anilines is 1. The van der Waals surface area contributed by atoms with Crippen LogP contribution in [0.15, 0.2) is 124 Å². The van der Waals surface area contributed by atoms with Crippen LogP contribution in [0.1, 0.15) is 11.4 Å². The quantitative estimate of drug-likeness (QED) is 0.284. The fourth-order valence-corrected chi connectivity index (χ4v) is 6.72. The summed E-state index contributed by atoms with van der Waals surface area (Å²) in [5.41, 5.74) is 5.83. The lowest BCUT2D eigenvalue weighted by molar-refractivity contribution is -2.00. The van der Waals surface area contributed by atoms with Gasteiger partial charge in [-0.25, -0.2) is 27.1 Å². The van der Waals surface area contributed by atoms with Gasteiger partial charge in [0, 0.05) is 38.1 Å². The zero-order chi connectivity index (χ0) is 30.8. The highest BCUT2D eigenvalue weighted by atomic mass is 35.7. The minimum Gasteiger partial charge on any atom is -0.455 e. The second-order valence-corrected chi connectivity index (χ2v) is 13.0. The fourth-order valence-electron chi connectivity index (χ4n) is 4.68. The van der Waals surface area contributed by atoms with Crippen molar-refractivity contribution in [3.05, 3.63) is 121 Å². The molecule has 0 radical (unpaired) electrons. The summed E-state index contributed by atoms with van der Waals surface area (Å²) in [5, 5.41) is 0. The molecule has 9 nitrogen and oxygen atoms in total. The smallest absolute Gasteiger partial charge is 0.261 e. The van der Waals surface area contributed by atoms with Gasteiger partial charge in [-0.05, 0) is 53.6 Å². The Morgan fingerprint density at radius 2 is 1.28 bits per heavy atom. The molecule has 0 bridgehead atoms. The van der Waals surface area contributed by atoms with Gasteiger partial charge in [-0.15, -0.1) is 10.2 Å². The molecule has 43 heavy (non-hydrogen) atoms. The number of nitrogens with one attached hydrogen (secondary N) is 1. The molecule has 0 aliphatic carbocycles. The average molecular weight is 637 g/mol. The highest BCUT2D eigenvalue weighted by molar-refractivity contribution is 7.99. The number of hydrogen-bond acceptors (Lipinski definition) is 8. The van der Waals surface area contributed by atoms with Gasteiger partial charge in [-0.2, -0.15) is 4.57 Å². The standard InChI is InChI=1S/C31H25N2O3S2.ClHO4/c1-21-18-24(23-8-4-3-5-9-23)19-22(2)33(21)26-13-15-27(16-14-26)38(34,35)32-25-12-17-29-31(20-25)37-30-11-7-6-10-28(30)36-29;2-1(3,4)5/h3-20,32H,1-2H3;(H,2,3,4,5)/q+1;/p-1. The first-order valence-electron chi connectivity index (χ1n) is 12.8. The van der Waals surface area contributed by atoms with Crippen LogP contribution >= 0.6 is 11.8 Å². The molecule has 5 aromatic rings. The van der Waals surface area contributed by atoms with E-state index in [2.05, 4.69) is 47.4 Å². The summed E-state index contributed by atoms with van der Waals surface area (Å²) in [6.45, 7) is 4.11. The number of rotatable bonds is 5. The Balaban J connectivity index is 0.000000682. The van der Waals surface area contributed by atoms with Crippen LogP contribution in [0.3, 0.4) is 0 Å². The molecule has 0 amide bonds. The fraction of sp³-hybridized carbons (Fsp3) is 0.0645. The molecule has 0 fully saturated rings. The Labute approximate surface area is 255 Å². The second-order valence-electron chi connectivity index (χ2n) is 9.52. The van der Waals surface area contributed by atoms with Crippen molar-refractivity contribution in [1.82, 2.24) is 0 Å². The maximum Gasteiger partial charge on any atom is 0.261 e. The van der Waals surface area contributed by atoms with Crippen LogP contribution in [0.2, 0.25) is 0 Å². The number of para-hydroxylation sites is 1. The number of ether oxygens (including phenoxy) is 1. The van der Waals surface area contributed by atoms with E-state index in [0.717, 1.165) is 43.7 Å². The predicted octanol–water partition coefficient (Wildman–Crippen LogP) is 2.55. The highest BCUT2D eigenvalue weighted by Gasteiger charge is 2.22. The van der Waals surface area contributed by atoms with Crippen molar-refractivity contribution in [2.24, 2.45) is 0 Å². The largest absolute Gasteiger partial charge is 0.455 e. The topological polar surface area (TPSA) is 152 Å². The zero-order valence-corrected chi connectivity index (χ0v) is 25.3. The van der Waals surface area contributed by atoms with E-state index in [1.54, 1.807) is 42.1 Å². The van der Waals surface area contributed by atoms with Gasteiger partial charge in [0.15, 0.2) is 11.4 Å². The van der Waals surface area contributed by atoms with E-state index in [-0.39, 0.29) is 4.90 Å². The van der Waals surface area contributed by atoms with Crippen molar-refractivity contribution in [3.63, 3.8) is 0 Å². The summed E-state index contributed by atoms with van der Waals surface area (Å²) in [6.07, 6.45) is 0. The predicted molar refractivity (Wildman–Crippen MR) is 151 cm³/mol. The Bertz CT molecular complexity index is 1850. The molecule has 1 aliphatic rings. The lowest BCUT2D eigenvalue weighted by atomic mass is 10.0. The van der Waals surface area contributed by atoms with E-state index in [4.69, 9.17) is 23.4 Å². The van der Waals surface area contributed by atoms with Gasteiger partial charge in [0.1, 0.15) is 11.5 Å². The monoisotopic (exact) mass is 636 g/mol. The average Bonchev–Trinajstić information content (AvgIpc) is 2.95. The molecule has 1 aliphatic heterocycles. The molecule has 0 saturated heterocycles. The van der Waals surface area contributed by atoms with Crippen molar-refractivity contribution in [3.8, 4) is 28.3 Å². The van der Waals surface area contributed by atoms with Gasteiger partial charge in [0.25, 0.3) is 10.0 Å². The summed E-state index contributed by atoms with van der Waals surface area (Å²) >= 11 is 1.56. The molecule has 1 N–H and O–H groups in total. The van der Waals surface area contributed by atoms with Crippen molar-refractivity contribution < 1.29 is 46.6 Å². The van der Waals surface area contributed by atoms with E-state index in [1.165, 1.54) is 0 Å². The third-order valence-electron chi connectivity index (χ3n) is 6.43. The Hall–Kier alpha value is -3.94. The molecular weight excluding hydrogens is 612 g/mol. The van der Waals surface area contributed by atoms with Crippen molar-refractivity contribution >= 4 is 27.5 Å². The van der Waals surface area contributed by atoms with Gasteiger partial charge in [0.05, 0.1) is 20.4 Å². The second kappa shape index (κ2) is 12.3. The SMILES string of the molecule is Cc1cc(-c2ccccc2)cc(C)[n+]1-c1ccc(S(=O)(=O)Nc2ccc3c(c2)Sc2ccccc2O3)cc1.[O-][Cl+3]([O-])([O-])[O-]. The van der Waals surface area contributed by atoms with Crippen LogP contribution in [-0.2, 0) is 10.0 Å². The van der Waals surface area contributed by atoms with E-state index in [1.807, 2.05) is 54.6 Å². The van der Waals surface area contributed by atoms with E-state index >= 15 is 0 Å². The first-order valence-corrected chi connectivity index (χ1v) is 16.3. The number of fused-ring (bicyclic) bond motifs is 2. The summed E-state index contributed by atoms with van der Waals surface area (Å²) in [7, 11) is -8.72. The van der Waals surface area contributed by atoms with Gasteiger partial charge in [0.2, 0.25) is 5.69 Å². The number of hydrogen-bond donors (Lipinski definition) is 1. The van der Waals surface area contributed by atoms with Gasteiger partial charge < -0.3 is 4.74 Å². The maximum absolute atomic E-state index is 13.2. The lowest BCUT2D eigenvalue weighted by Crippen LogP contribution is -2.68. The van der Waals surface area contributed by atoms with E-state index in [0.29, 0.717) is 11.4 Å². The third-order valence-corrected chi connectivity index (χ3v) is 8.92. The number of aryl methyl sites for hydroxylation is 2. The van der Waals surface area contributed by atoms with Crippen LogP contribution in [0.5, 0.6) is 11.5 Å². The van der Waals surface area contributed by atoms with Crippen molar-refractivity contribution in [2.45, 2.75) is 28.5 Å². The van der Waals surface area contributed by atoms with Crippen LogP contribution in [0.25, 0.3) is 16.8 Å². The van der Waals surface area contributed by atoms with Crippen LogP contribution < -0.4 is 32.7 Å². The molecule has 6 rings (SSSR count). The minimum atomic E-state index is -4.94. The number of sulfonamides is 1. The normalized spacial score (nSPS) is 12.2. The van der Waals surface area contributed by atoms with Crippen LogP contribution in [-0.4, -0.2) is 8.42 Å². The summed E-state index contributed by atoms with van der Waals surface area (Å²) < 4.78 is 71.1. The molecular formula is C31H25ClN2O7S2. The molecule has 0 atom stereocenters. The molecule has 0 saturated carbocycles. The van der Waals surface area contributed by atoms with Gasteiger partial charge in [-0.1, -0.05) is 54.2 Å². The van der Waals surface area contributed by atoms with Gasteiger partial charge in [-0.3, -0.25) is 4.72 Å². The maximum atomic E-state index is 13.2. The molecule has 0 unspecified atom stereocenters. The molecule has 1 aromatic heterocycles. The molecule has 220 valence electrons. The summed E-state index contributed by atoms with van der Waals surface area (Å²) in [6, 6.07) is 34.6. The molecule has 4 aromatic carbocycles. The number of nitrogens with zero attached hydrogens (tertiary/aromatic N) is 1. The number of halogens is 1. The third kappa shape index (κ3) is 7.53. The minimum absolute atomic E-state index is 0.199. The molecule has 2 heterocycles. The highest BCUT2D eigenvalue weighted by Crippen LogP contribution is 2.47. The zero-order valence-electron chi connectivity index (χ0n) is 22.9. The molecule has 0 spiro atoms. The van der Waals surface area contributed by atoms with E-state index < -0.39 is 20.3 Å². The van der Waals surface area contributed by atoms with Gasteiger partial charge >= 0.3 is 0 Å². The van der Waals surface area contributed by atoms with E-state index in [9.17, 15) is 8.42 Å². The summed E-state index contributed by atoms with van der Waals surface area (Å²) in [5.74, 6) is 1.51. The number of pyridine rings is 1. The lowest BCUT2D eigenvalue weighted by Gasteiger charge is -2.20. The van der Waals surface area contributed by atoms with Crippen LogP contribution in [0, 0.1) is 24.1 Å². The number of aromatic nitrogens is 1. The number of benzene rings is 4.